The van der Waals surface area contributed by atoms with Gasteiger partial charge < -0.3 is 9.80 Å². The summed E-state index contributed by atoms with van der Waals surface area (Å²) in [5.74, 6) is 1.09. The molecule has 180 valence electrons. The number of carbonyl (C=O) groups is 1. The van der Waals surface area contributed by atoms with Crippen LogP contribution in [0.3, 0.4) is 0 Å². The number of nitrogens with zero attached hydrogens (tertiary/aromatic N) is 6. The van der Waals surface area contributed by atoms with Crippen LogP contribution in [-0.4, -0.2) is 50.0 Å². The first-order valence-electron chi connectivity index (χ1n) is 12.5. The zero-order chi connectivity index (χ0) is 24.1. The Morgan fingerprint density at radius 1 is 1.09 bits per heavy atom. The second-order valence-corrected chi connectivity index (χ2v) is 9.98. The van der Waals surface area contributed by atoms with Gasteiger partial charge >= 0.3 is 0 Å². The molecule has 0 N–H and O–H groups in total. The van der Waals surface area contributed by atoms with Gasteiger partial charge in [0, 0.05) is 42.8 Å². The third-order valence-electron chi connectivity index (χ3n) is 7.34. The summed E-state index contributed by atoms with van der Waals surface area (Å²) in [6, 6.07) is 10.1. The van der Waals surface area contributed by atoms with Crippen molar-refractivity contribution >= 4 is 28.3 Å². The van der Waals surface area contributed by atoms with E-state index >= 15 is 0 Å². The monoisotopic (exact) mass is 472 g/mol. The van der Waals surface area contributed by atoms with Crippen molar-refractivity contribution in [2.75, 3.05) is 24.5 Å². The molecule has 0 unspecified atom stereocenters. The molecule has 35 heavy (non-hydrogen) atoms. The first kappa shape index (κ1) is 21.9. The van der Waals surface area contributed by atoms with E-state index in [0.717, 1.165) is 55.1 Å². The van der Waals surface area contributed by atoms with Crippen molar-refractivity contribution in [1.29, 1.82) is 0 Å². The van der Waals surface area contributed by atoms with Gasteiger partial charge in [0.05, 0.1) is 11.7 Å². The Bertz CT molecular complexity index is 1430. The summed E-state index contributed by atoms with van der Waals surface area (Å²) in [6.07, 6.45) is 5.99. The van der Waals surface area contributed by atoms with Gasteiger partial charge in [-0.3, -0.25) is 4.79 Å². The SMILES string of the molecule is Cc1cn2nc([C@@H]3CCCCN3C(=O)c3ccc4cccc(F)c4n3)cc2nc1N1CC[C@H](C)C1. The fourth-order valence-electron chi connectivity index (χ4n) is 5.49. The number of hydrogen-bond donors (Lipinski definition) is 0. The van der Waals surface area contributed by atoms with Crippen LogP contribution in [0, 0.1) is 18.7 Å². The molecule has 0 saturated carbocycles. The van der Waals surface area contributed by atoms with Gasteiger partial charge in [-0.15, -0.1) is 0 Å². The molecule has 6 rings (SSSR count). The third-order valence-corrected chi connectivity index (χ3v) is 7.34. The topological polar surface area (TPSA) is 66.6 Å². The van der Waals surface area contributed by atoms with E-state index in [2.05, 4.69) is 23.7 Å². The Hall–Kier alpha value is -3.55. The molecular weight excluding hydrogens is 443 g/mol. The van der Waals surface area contributed by atoms with Crippen molar-refractivity contribution in [3.8, 4) is 0 Å². The van der Waals surface area contributed by atoms with Crippen LogP contribution in [0.1, 0.15) is 60.4 Å². The molecule has 0 aliphatic carbocycles. The van der Waals surface area contributed by atoms with Crippen molar-refractivity contribution < 1.29 is 9.18 Å². The summed E-state index contributed by atoms with van der Waals surface area (Å²) in [4.78, 5) is 27.1. The highest BCUT2D eigenvalue weighted by molar-refractivity contribution is 5.95. The molecule has 1 aromatic carbocycles. The second kappa shape index (κ2) is 8.59. The lowest BCUT2D eigenvalue weighted by Crippen LogP contribution is -2.39. The number of anilines is 1. The average molecular weight is 473 g/mol. The van der Waals surface area contributed by atoms with E-state index in [9.17, 15) is 9.18 Å². The van der Waals surface area contributed by atoms with Crippen LogP contribution in [0.5, 0.6) is 0 Å². The van der Waals surface area contributed by atoms with Gasteiger partial charge in [-0.2, -0.15) is 5.10 Å². The Morgan fingerprint density at radius 2 is 1.97 bits per heavy atom. The molecule has 0 spiro atoms. The molecule has 7 nitrogen and oxygen atoms in total. The smallest absolute Gasteiger partial charge is 0.273 e. The second-order valence-electron chi connectivity index (χ2n) is 9.98. The minimum absolute atomic E-state index is 0.161. The zero-order valence-corrected chi connectivity index (χ0v) is 20.1. The lowest BCUT2D eigenvalue weighted by atomic mass is 9.98. The Morgan fingerprint density at radius 3 is 2.80 bits per heavy atom. The van der Waals surface area contributed by atoms with Gasteiger partial charge in [-0.25, -0.2) is 18.9 Å². The Kier molecular flexibility index (Phi) is 5.39. The van der Waals surface area contributed by atoms with Crippen molar-refractivity contribution in [1.82, 2.24) is 24.5 Å². The van der Waals surface area contributed by atoms with Gasteiger partial charge in [-0.1, -0.05) is 25.1 Å². The predicted molar refractivity (Wildman–Crippen MR) is 133 cm³/mol. The minimum Gasteiger partial charge on any atom is -0.356 e. The van der Waals surface area contributed by atoms with Crippen LogP contribution in [0.25, 0.3) is 16.6 Å². The number of amides is 1. The number of rotatable bonds is 3. The first-order valence-corrected chi connectivity index (χ1v) is 12.5. The molecule has 2 aliphatic heterocycles. The summed E-state index contributed by atoms with van der Waals surface area (Å²) >= 11 is 0. The minimum atomic E-state index is -0.419. The summed E-state index contributed by atoms with van der Waals surface area (Å²) in [7, 11) is 0. The molecule has 4 aromatic rings. The van der Waals surface area contributed by atoms with E-state index in [4.69, 9.17) is 10.1 Å². The maximum atomic E-state index is 14.3. The highest BCUT2D eigenvalue weighted by atomic mass is 19.1. The number of likely N-dealkylation sites (tertiary alicyclic amines) is 1. The molecule has 0 bridgehead atoms. The van der Waals surface area contributed by atoms with E-state index in [0.29, 0.717) is 17.8 Å². The first-order chi connectivity index (χ1) is 17.0. The fraction of sp³-hybridized carbons (Fsp3) is 0.407. The Balaban J connectivity index is 1.33. The van der Waals surface area contributed by atoms with Crippen molar-refractivity contribution in [2.24, 2.45) is 5.92 Å². The predicted octanol–water partition coefficient (Wildman–Crippen LogP) is 4.94. The summed E-state index contributed by atoms with van der Waals surface area (Å²) in [5, 5.41) is 5.51. The molecule has 1 amide bonds. The molecular formula is C27H29FN6O. The lowest BCUT2D eigenvalue weighted by Gasteiger charge is -2.34. The van der Waals surface area contributed by atoms with Gasteiger partial charge in [0.15, 0.2) is 5.65 Å². The standard InChI is InChI=1S/C27H29FN6O/c1-17-11-13-32(15-17)26-18(2)16-34-24(30-26)14-22(31-34)23-8-3-4-12-33(23)27(35)21-10-9-19-6-5-7-20(28)25(19)29-21/h5-7,9-10,14,16-17,23H,3-4,8,11-13,15H2,1-2H3/t17-,23-/m0/s1. The molecule has 2 saturated heterocycles. The van der Waals surface area contributed by atoms with Crippen molar-refractivity contribution in [3.63, 3.8) is 0 Å². The Labute approximate surface area is 203 Å². The van der Waals surface area contributed by atoms with Crippen molar-refractivity contribution in [2.45, 2.75) is 45.6 Å². The molecule has 8 heteroatoms. The third kappa shape index (κ3) is 3.90. The molecule has 0 radical (unpaired) electrons. The van der Waals surface area contributed by atoms with Crippen LogP contribution in [0.2, 0.25) is 0 Å². The number of aryl methyl sites for hydroxylation is 1. The summed E-state index contributed by atoms with van der Waals surface area (Å²) in [6.45, 7) is 7.02. The number of benzene rings is 1. The average Bonchev–Trinajstić information content (AvgIpc) is 3.48. The van der Waals surface area contributed by atoms with Crippen LogP contribution in [0.15, 0.2) is 42.6 Å². The number of carbonyl (C=O) groups excluding carboxylic acids is 1. The number of para-hydroxylation sites is 1. The number of aromatic nitrogens is 4. The molecule has 2 atom stereocenters. The van der Waals surface area contributed by atoms with E-state index in [1.165, 1.54) is 12.5 Å². The molecule has 3 aromatic heterocycles. The van der Waals surface area contributed by atoms with Gasteiger partial charge in [0.25, 0.3) is 5.91 Å². The summed E-state index contributed by atoms with van der Waals surface area (Å²) in [5.41, 5.74) is 3.22. The molecule has 2 fully saturated rings. The number of hydrogen-bond acceptors (Lipinski definition) is 5. The van der Waals surface area contributed by atoms with Gasteiger partial charge in [-0.05, 0) is 50.7 Å². The van der Waals surface area contributed by atoms with Crippen LogP contribution in [0.4, 0.5) is 10.2 Å². The number of pyridine rings is 1. The quantitative estimate of drug-likeness (QED) is 0.423. The zero-order valence-electron chi connectivity index (χ0n) is 20.1. The molecule has 5 heterocycles. The van der Waals surface area contributed by atoms with E-state index < -0.39 is 5.82 Å². The van der Waals surface area contributed by atoms with Crippen molar-refractivity contribution in [3.05, 3.63) is 65.4 Å². The van der Waals surface area contributed by atoms with Gasteiger partial charge in [0.1, 0.15) is 22.8 Å². The van der Waals surface area contributed by atoms with Gasteiger partial charge in [0.2, 0.25) is 0 Å². The van der Waals surface area contributed by atoms with Crippen LogP contribution in [-0.2, 0) is 0 Å². The molecule has 2 aliphatic rings. The van der Waals surface area contributed by atoms with E-state index in [1.807, 2.05) is 21.7 Å². The highest BCUT2D eigenvalue weighted by Gasteiger charge is 2.32. The number of halogens is 1. The van der Waals surface area contributed by atoms with Crippen LogP contribution < -0.4 is 4.90 Å². The van der Waals surface area contributed by atoms with E-state index in [1.54, 1.807) is 24.3 Å². The normalized spacial score (nSPS) is 20.8. The van der Waals surface area contributed by atoms with Crippen LogP contribution >= 0.6 is 0 Å². The maximum absolute atomic E-state index is 14.3. The van der Waals surface area contributed by atoms with E-state index in [-0.39, 0.29) is 23.2 Å². The highest BCUT2D eigenvalue weighted by Crippen LogP contribution is 2.33. The maximum Gasteiger partial charge on any atom is 0.273 e. The fourth-order valence-corrected chi connectivity index (χ4v) is 5.49. The number of piperidine rings is 1. The largest absolute Gasteiger partial charge is 0.356 e. The summed E-state index contributed by atoms with van der Waals surface area (Å²) < 4.78 is 16.1. The lowest BCUT2D eigenvalue weighted by molar-refractivity contribution is 0.0600. The number of fused-ring (bicyclic) bond motifs is 2.